The molecule has 7 rings (SSSR count). The van der Waals surface area contributed by atoms with Crippen LogP contribution in [0.25, 0.3) is 31.3 Å². The summed E-state index contributed by atoms with van der Waals surface area (Å²) in [6.45, 7) is 2.21. The van der Waals surface area contributed by atoms with Crippen LogP contribution >= 0.6 is 11.3 Å². The van der Waals surface area contributed by atoms with E-state index in [9.17, 15) is 0 Å². The highest BCUT2D eigenvalue weighted by Gasteiger charge is 2.41. The maximum absolute atomic E-state index is 2.59. The molecule has 0 nitrogen and oxygen atoms in total. The molecule has 0 fully saturated rings. The first kappa shape index (κ1) is 23.8. The highest BCUT2D eigenvalue weighted by Crippen LogP contribution is 2.39. The van der Waals surface area contributed by atoms with E-state index in [0.29, 0.717) is 0 Å². The molecule has 0 N–H and O–H groups in total. The number of benzene rings is 6. The van der Waals surface area contributed by atoms with E-state index in [0.717, 1.165) is 0 Å². The smallest absolute Gasteiger partial charge is 0.135 e. The summed E-state index contributed by atoms with van der Waals surface area (Å²) in [5.41, 5.74) is 3.88. The van der Waals surface area contributed by atoms with Crippen molar-refractivity contribution in [3.8, 4) is 11.1 Å². The van der Waals surface area contributed by atoms with Gasteiger partial charge >= 0.3 is 0 Å². The van der Waals surface area contributed by atoms with Crippen molar-refractivity contribution in [3.05, 3.63) is 157 Å². The number of fused-ring (bicyclic) bond motifs is 3. The van der Waals surface area contributed by atoms with Crippen LogP contribution in [0.1, 0.15) is 5.56 Å². The lowest BCUT2D eigenvalue weighted by Crippen LogP contribution is -2.74. The lowest BCUT2D eigenvalue weighted by Gasteiger charge is -2.35. The fraction of sp³-hybridized carbons (Fsp3) is 0.0270. The second-order valence-corrected chi connectivity index (χ2v) is 15.1. The van der Waals surface area contributed by atoms with E-state index in [4.69, 9.17) is 0 Å². The number of hydrogen-bond acceptors (Lipinski definition) is 1. The van der Waals surface area contributed by atoms with Crippen LogP contribution in [0, 0.1) is 6.92 Å². The first-order valence-corrected chi connectivity index (χ1v) is 16.3. The zero-order valence-corrected chi connectivity index (χ0v) is 23.7. The molecule has 0 spiro atoms. The van der Waals surface area contributed by atoms with E-state index in [1.165, 1.54) is 57.6 Å². The molecule has 6 aromatic carbocycles. The Hall–Kier alpha value is -4.24. The van der Waals surface area contributed by atoms with Crippen LogP contribution in [0.4, 0.5) is 0 Å². The van der Waals surface area contributed by atoms with Crippen molar-refractivity contribution in [1.82, 2.24) is 0 Å². The minimum absolute atomic E-state index is 1.28. The van der Waals surface area contributed by atoms with E-state index in [1.54, 1.807) is 0 Å². The SMILES string of the molecule is Cc1cccc([Si](c2ccccc2)(c2ccccc2)c2cccc(-c3cccc4c3sc3ccccc34)c2)c1. The number of thiophene rings is 1. The Labute approximate surface area is 234 Å². The van der Waals surface area contributed by atoms with Crippen LogP contribution in [0.3, 0.4) is 0 Å². The van der Waals surface area contributed by atoms with Crippen LogP contribution in [0.15, 0.2) is 152 Å². The van der Waals surface area contributed by atoms with E-state index in [-0.39, 0.29) is 0 Å². The topological polar surface area (TPSA) is 0 Å². The van der Waals surface area contributed by atoms with Gasteiger partial charge in [-0.2, -0.15) is 0 Å². The summed E-state index contributed by atoms with van der Waals surface area (Å²) in [4.78, 5) is 0. The molecule has 0 aliphatic carbocycles. The van der Waals surface area contributed by atoms with Crippen LogP contribution in [-0.2, 0) is 0 Å². The summed E-state index contributed by atoms with van der Waals surface area (Å²) in [6.07, 6.45) is 0. The van der Waals surface area contributed by atoms with Crippen LogP contribution in [0.2, 0.25) is 0 Å². The molecule has 186 valence electrons. The standard InChI is InChI=1S/C37H28SSi/c1-27-13-10-19-31(25-27)39(29-15-4-2-5-16-29,30-17-6-3-7-18-30)32-20-11-14-28(26-32)33-22-12-23-35-34-21-8-9-24-36(34)38-37(33)35/h2-26H,1H3. The molecular formula is C37H28SSi. The molecule has 0 unspecified atom stereocenters. The first-order chi connectivity index (χ1) is 19.2. The molecule has 1 heterocycles. The molecule has 0 saturated heterocycles. The molecule has 2 heteroatoms. The van der Waals surface area contributed by atoms with Gasteiger partial charge in [-0.1, -0.05) is 151 Å². The minimum atomic E-state index is -2.59. The largest absolute Gasteiger partial charge is 0.179 e. The number of hydrogen-bond donors (Lipinski definition) is 0. The van der Waals surface area contributed by atoms with Gasteiger partial charge in [-0.05, 0) is 44.9 Å². The molecule has 0 bridgehead atoms. The van der Waals surface area contributed by atoms with Gasteiger partial charge in [0.05, 0.1) is 0 Å². The molecule has 0 aliphatic rings. The lowest BCUT2D eigenvalue weighted by molar-refractivity contribution is 1.49. The monoisotopic (exact) mass is 532 g/mol. The second-order valence-electron chi connectivity index (χ2n) is 10.2. The summed E-state index contributed by atoms with van der Waals surface area (Å²) in [5, 5.41) is 8.30. The summed E-state index contributed by atoms with van der Waals surface area (Å²) >= 11 is 1.90. The Balaban J connectivity index is 1.54. The van der Waals surface area contributed by atoms with Gasteiger partial charge in [-0.15, -0.1) is 11.3 Å². The van der Waals surface area contributed by atoms with Crippen molar-refractivity contribution in [2.45, 2.75) is 6.92 Å². The molecule has 7 aromatic rings. The molecule has 39 heavy (non-hydrogen) atoms. The molecule has 0 amide bonds. The Morgan fingerprint density at radius 2 is 1.03 bits per heavy atom. The number of aryl methyl sites for hydroxylation is 1. The number of rotatable bonds is 5. The van der Waals surface area contributed by atoms with Gasteiger partial charge in [0, 0.05) is 20.2 Å². The zero-order valence-electron chi connectivity index (χ0n) is 21.8. The molecule has 0 radical (unpaired) electrons. The van der Waals surface area contributed by atoms with Gasteiger partial charge in [-0.25, -0.2) is 0 Å². The van der Waals surface area contributed by atoms with Crippen molar-refractivity contribution in [1.29, 1.82) is 0 Å². The minimum Gasteiger partial charge on any atom is -0.135 e. The third kappa shape index (κ3) is 3.96. The molecule has 1 aromatic heterocycles. The summed E-state index contributed by atoms with van der Waals surface area (Å²) < 4.78 is 2.70. The van der Waals surface area contributed by atoms with Gasteiger partial charge in [0.2, 0.25) is 0 Å². The molecular weight excluding hydrogens is 505 g/mol. The van der Waals surface area contributed by atoms with Crippen LogP contribution in [-0.4, -0.2) is 8.07 Å². The van der Waals surface area contributed by atoms with Crippen LogP contribution in [0.5, 0.6) is 0 Å². The Morgan fingerprint density at radius 3 is 1.74 bits per heavy atom. The Morgan fingerprint density at radius 1 is 0.462 bits per heavy atom. The maximum atomic E-state index is 2.48. The van der Waals surface area contributed by atoms with Crippen molar-refractivity contribution in [2.75, 3.05) is 0 Å². The lowest BCUT2D eigenvalue weighted by atomic mass is 10.0. The third-order valence-corrected chi connectivity index (χ3v) is 13.8. The fourth-order valence-corrected chi connectivity index (χ4v) is 12.3. The average Bonchev–Trinajstić information content (AvgIpc) is 3.38. The van der Waals surface area contributed by atoms with Gasteiger partial charge < -0.3 is 0 Å². The first-order valence-electron chi connectivity index (χ1n) is 13.4. The second kappa shape index (κ2) is 9.81. The molecule has 0 atom stereocenters. The van der Waals surface area contributed by atoms with Crippen molar-refractivity contribution < 1.29 is 0 Å². The van der Waals surface area contributed by atoms with Crippen LogP contribution < -0.4 is 20.7 Å². The highest BCUT2D eigenvalue weighted by molar-refractivity contribution is 7.26. The van der Waals surface area contributed by atoms with E-state index in [2.05, 4.69) is 159 Å². The average molecular weight is 533 g/mol. The highest BCUT2D eigenvalue weighted by atomic mass is 32.1. The molecule has 0 saturated carbocycles. The van der Waals surface area contributed by atoms with Crippen molar-refractivity contribution in [2.24, 2.45) is 0 Å². The maximum Gasteiger partial charge on any atom is 0.179 e. The van der Waals surface area contributed by atoms with Crippen molar-refractivity contribution >= 4 is 60.3 Å². The van der Waals surface area contributed by atoms with E-state index >= 15 is 0 Å². The quantitative estimate of drug-likeness (QED) is 0.160. The normalized spacial score (nSPS) is 11.7. The zero-order chi connectivity index (χ0) is 26.2. The summed E-state index contributed by atoms with van der Waals surface area (Å²) in [7, 11) is -2.59. The predicted molar refractivity (Wildman–Crippen MR) is 173 cm³/mol. The van der Waals surface area contributed by atoms with E-state index in [1.807, 2.05) is 11.3 Å². The van der Waals surface area contributed by atoms with Gasteiger partial charge in [0.25, 0.3) is 0 Å². The van der Waals surface area contributed by atoms with Crippen molar-refractivity contribution in [3.63, 3.8) is 0 Å². The Kier molecular flexibility index (Phi) is 6.00. The van der Waals surface area contributed by atoms with E-state index < -0.39 is 8.07 Å². The fourth-order valence-electron chi connectivity index (χ4n) is 6.15. The summed E-state index contributed by atoms with van der Waals surface area (Å²) in [6, 6.07) is 56.5. The van der Waals surface area contributed by atoms with Gasteiger partial charge in [-0.3, -0.25) is 0 Å². The molecule has 0 aliphatic heterocycles. The van der Waals surface area contributed by atoms with Gasteiger partial charge in [0.15, 0.2) is 8.07 Å². The summed E-state index contributed by atoms with van der Waals surface area (Å²) in [5.74, 6) is 0. The predicted octanol–water partition coefficient (Wildman–Crippen LogP) is 7.41. The Bertz CT molecular complexity index is 1880. The third-order valence-electron chi connectivity index (χ3n) is 7.88. The van der Waals surface area contributed by atoms with Gasteiger partial charge in [0.1, 0.15) is 0 Å².